The van der Waals surface area contributed by atoms with Crippen LogP contribution in [-0.4, -0.2) is 15.8 Å². The van der Waals surface area contributed by atoms with Gasteiger partial charge in [-0.1, -0.05) is 97.1 Å². The Bertz CT molecular complexity index is 1800. The lowest BCUT2D eigenvalue weighted by atomic mass is 9.81. The molecule has 0 aliphatic carbocycles. The SMILES string of the molecule is O=C1N(c2ccccc2)C2(c3ccccc3)N=[N+](c3ccccc3)[N-]C2(c2ccccc2)N1c1ccc([N+](=O)[O-])cc1. The van der Waals surface area contributed by atoms with Gasteiger partial charge in [-0.05, 0) is 35.4 Å². The Kier molecular flexibility index (Phi) is 5.79. The van der Waals surface area contributed by atoms with Gasteiger partial charge in [-0.25, -0.2) is 4.79 Å². The predicted octanol–water partition coefficient (Wildman–Crippen LogP) is 7.85. The van der Waals surface area contributed by atoms with E-state index in [9.17, 15) is 14.9 Å². The first-order valence-electron chi connectivity index (χ1n) is 13.4. The third-order valence-corrected chi connectivity index (χ3v) is 7.67. The number of nitro benzene ring substituents is 1. The molecule has 1 fully saturated rings. The second-order valence-electron chi connectivity index (χ2n) is 9.96. The Morgan fingerprint density at radius 2 is 1.14 bits per heavy atom. The van der Waals surface area contributed by atoms with Crippen molar-refractivity contribution in [3.05, 3.63) is 172 Å². The van der Waals surface area contributed by atoms with Gasteiger partial charge in [-0.2, -0.15) is 10.5 Å². The minimum atomic E-state index is -1.45. The summed E-state index contributed by atoms with van der Waals surface area (Å²) in [5.74, 6) is 0. The van der Waals surface area contributed by atoms with E-state index in [2.05, 4.69) is 0 Å². The predicted molar refractivity (Wildman–Crippen MR) is 158 cm³/mol. The van der Waals surface area contributed by atoms with Crippen LogP contribution in [0.4, 0.5) is 27.5 Å². The number of amides is 2. The van der Waals surface area contributed by atoms with Crippen LogP contribution in [-0.2, 0) is 11.3 Å². The summed E-state index contributed by atoms with van der Waals surface area (Å²) in [5.41, 5.74) is 5.64. The number of carbonyl (C=O) groups is 1. The number of rotatable bonds is 6. The Hall–Kier alpha value is -5.83. The molecule has 0 saturated carbocycles. The lowest BCUT2D eigenvalue weighted by Crippen LogP contribution is -2.53. The Morgan fingerprint density at radius 1 is 0.643 bits per heavy atom. The zero-order valence-electron chi connectivity index (χ0n) is 22.3. The van der Waals surface area contributed by atoms with Crippen molar-refractivity contribution in [1.82, 2.24) is 0 Å². The molecule has 9 nitrogen and oxygen atoms in total. The standard InChI is InChI=1S/C33H24N6O3/c40-31-36(27-17-9-3-10-18-27)32(25-13-5-1-6-14-25)33(26-15-7-2-8-16-26,35-38(34-32)29-19-11-4-12-20-29)37(31)28-21-23-30(24-22-28)39(41)42/h1-24H. The minimum absolute atomic E-state index is 0.0765. The van der Waals surface area contributed by atoms with E-state index < -0.39 is 16.2 Å². The van der Waals surface area contributed by atoms with E-state index in [1.807, 2.05) is 121 Å². The van der Waals surface area contributed by atoms with E-state index in [1.165, 1.54) is 12.1 Å². The number of para-hydroxylation sites is 2. The Labute approximate surface area is 241 Å². The van der Waals surface area contributed by atoms with Crippen molar-refractivity contribution in [2.45, 2.75) is 11.3 Å². The Morgan fingerprint density at radius 3 is 1.71 bits per heavy atom. The van der Waals surface area contributed by atoms with Gasteiger partial charge in [0.1, 0.15) is 0 Å². The van der Waals surface area contributed by atoms with Gasteiger partial charge in [0.25, 0.3) is 5.69 Å². The fourth-order valence-electron chi connectivity index (χ4n) is 5.90. The molecule has 204 valence electrons. The number of nitrogens with zero attached hydrogens (tertiary/aromatic N) is 6. The van der Waals surface area contributed by atoms with Gasteiger partial charge < -0.3 is 0 Å². The van der Waals surface area contributed by atoms with Crippen LogP contribution in [0.3, 0.4) is 0 Å². The van der Waals surface area contributed by atoms with E-state index in [4.69, 9.17) is 10.5 Å². The average Bonchev–Trinajstić information content (AvgIpc) is 3.50. The number of urea groups is 1. The van der Waals surface area contributed by atoms with Gasteiger partial charge in [-0.3, -0.25) is 19.9 Å². The maximum atomic E-state index is 14.9. The average molecular weight is 553 g/mol. The zero-order valence-corrected chi connectivity index (χ0v) is 22.3. The van der Waals surface area contributed by atoms with Gasteiger partial charge in [0, 0.05) is 35.6 Å². The minimum Gasteiger partial charge on any atom is -0.276 e. The molecule has 1 saturated heterocycles. The third kappa shape index (κ3) is 3.53. The molecule has 2 atom stereocenters. The number of hydrogen-bond donors (Lipinski definition) is 0. The first-order chi connectivity index (χ1) is 20.6. The summed E-state index contributed by atoms with van der Waals surface area (Å²) < 4.78 is 0. The quantitative estimate of drug-likeness (QED) is 0.122. The number of nitro groups is 1. The second-order valence-corrected chi connectivity index (χ2v) is 9.96. The van der Waals surface area contributed by atoms with Gasteiger partial charge in [0.05, 0.1) is 4.92 Å². The van der Waals surface area contributed by atoms with Crippen LogP contribution in [0.15, 0.2) is 151 Å². The fourth-order valence-corrected chi connectivity index (χ4v) is 5.90. The summed E-state index contributed by atoms with van der Waals surface area (Å²) >= 11 is 0. The van der Waals surface area contributed by atoms with E-state index >= 15 is 0 Å². The van der Waals surface area contributed by atoms with E-state index in [0.29, 0.717) is 11.4 Å². The normalized spacial score (nSPS) is 21.0. The zero-order chi connectivity index (χ0) is 28.7. The molecule has 2 unspecified atom stereocenters. The van der Waals surface area contributed by atoms with Gasteiger partial charge in [0.2, 0.25) is 5.69 Å². The highest BCUT2D eigenvalue weighted by molar-refractivity contribution is 6.10. The highest BCUT2D eigenvalue weighted by Crippen LogP contribution is 2.64. The molecule has 42 heavy (non-hydrogen) atoms. The lowest BCUT2D eigenvalue weighted by Gasteiger charge is -2.45. The number of hydrogen-bond acceptors (Lipinski definition) is 4. The van der Waals surface area contributed by atoms with E-state index in [-0.39, 0.29) is 11.7 Å². The van der Waals surface area contributed by atoms with Crippen LogP contribution < -0.4 is 9.80 Å². The molecule has 2 heterocycles. The number of benzene rings is 5. The van der Waals surface area contributed by atoms with Crippen LogP contribution in [0.1, 0.15) is 11.1 Å². The highest BCUT2D eigenvalue weighted by atomic mass is 16.6. The third-order valence-electron chi connectivity index (χ3n) is 7.67. The maximum Gasteiger partial charge on any atom is 0.330 e. The van der Waals surface area contributed by atoms with Gasteiger partial charge in [-0.15, -0.1) is 4.81 Å². The molecule has 0 bridgehead atoms. The molecule has 5 aromatic rings. The van der Waals surface area contributed by atoms with E-state index in [0.717, 1.165) is 16.8 Å². The van der Waals surface area contributed by atoms with Crippen molar-refractivity contribution in [2.24, 2.45) is 5.11 Å². The number of carbonyl (C=O) groups excluding carboxylic acids is 1. The molecule has 5 aromatic carbocycles. The van der Waals surface area contributed by atoms with E-state index in [1.54, 1.807) is 26.7 Å². The van der Waals surface area contributed by atoms with Crippen molar-refractivity contribution in [3.8, 4) is 0 Å². The summed E-state index contributed by atoms with van der Waals surface area (Å²) in [6.07, 6.45) is 0. The number of non-ortho nitro benzene ring substituents is 1. The largest absolute Gasteiger partial charge is 0.330 e. The van der Waals surface area contributed by atoms with Crippen LogP contribution in [0.5, 0.6) is 0 Å². The maximum absolute atomic E-state index is 14.9. The fraction of sp³-hybridized carbons (Fsp3) is 0.0606. The number of azo groups is 1. The molecule has 7 rings (SSSR count). The first kappa shape index (κ1) is 25.2. The molecular weight excluding hydrogens is 528 g/mol. The lowest BCUT2D eigenvalue weighted by molar-refractivity contribution is -0.457. The molecule has 2 aliphatic rings. The monoisotopic (exact) mass is 552 g/mol. The van der Waals surface area contributed by atoms with Crippen LogP contribution in [0, 0.1) is 10.1 Å². The topological polar surface area (TPSA) is 96.2 Å². The van der Waals surface area contributed by atoms with Crippen molar-refractivity contribution in [2.75, 3.05) is 9.80 Å². The highest BCUT2D eigenvalue weighted by Gasteiger charge is 2.71. The van der Waals surface area contributed by atoms with Crippen molar-refractivity contribution in [1.29, 1.82) is 0 Å². The summed E-state index contributed by atoms with van der Waals surface area (Å²) in [6, 6.07) is 43.8. The molecular formula is C33H24N6O3. The summed E-state index contributed by atoms with van der Waals surface area (Å²) in [4.78, 5) is 30.9. The second kappa shape index (κ2) is 9.67. The molecule has 2 amide bonds. The number of fused-ring (bicyclic) bond motifs is 1. The molecule has 9 heteroatoms. The summed E-state index contributed by atoms with van der Waals surface area (Å²) in [6.45, 7) is 0. The van der Waals surface area contributed by atoms with Crippen LogP contribution in [0.25, 0.3) is 5.43 Å². The van der Waals surface area contributed by atoms with Crippen molar-refractivity contribution >= 4 is 28.8 Å². The molecule has 2 aliphatic heterocycles. The van der Waals surface area contributed by atoms with Crippen LogP contribution in [0.2, 0.25) is 0 Å². The van der Waals surface area contributed by atoms with Crippen molar-refractivity contribution in [3.63, 3.8) is 0 Å². The number of anilines is 2. The summed E-state index contributed by atoms with van der Waals surface area (Å²) in [7, 11) is 0. The molecule has 0 aromatic heterocycles. The van der Waals surface area contributed by atoms with Gasteiger partial charge in [0.15, 0.2) is 11.3 Å². The smallest absolute Gasteiger partial charge is 0.276 e. The molecule has 0 radical (unpaired) electrons. The summed E-state index contributed by atoms with van der Waals surface area (Å²) in [5, 5.41) is 16.8. The Balaban J connectivity index is 1.61. The molecule has 0 N–H and O–H groups in total. The van der Waals surface area contributed by atoms with Gasteiger partial charge >= 0.3 is 6.03 Å². The first-order valence-corrected chi connectivity index (χ1v) is 13.4. The van der Waals surface area contributed by atoms with Crippen molar-refractivity contribution < 1.29 is 14.5 Å². The molecule has 0 spiro atoms. The van der Waals surface area contributed by atoms with Crippen LogP contribution >= 0.6 is 0 Å².